The third-order valence-electron chi connectivity index (χ3n) is 6.39. The number of aryl methyl sites for hydroxylation is 1. The van der Waals surface area contributed by atoms with E-state index >= 15 is 0 Å². The molecule has 0 radical (unpaired) electrons. The molecule has 1 aliphatic rings. The van der Waals surface area contributed by atoms with Crippen molar-refractivity contribution < 1.29 is 23.0 Å². The Labute approximate surface area is 196 Å². The van der Waals surface area contributed by atoms with Gasteiger partial charge < -0.3 is 19.6 Å². The quantitative estimate of drug-likeness (QED) is 0.427. The number of nitrogens with zero attached hydrogens (tertiary/aromatic N) is 1. The number of aromatic nitrogens is 1. The van der Waals surface area contributed by atoms with Crippen molar-refractivity contribution in [1.29, 1.82) is 0 Å². The lowest BCUT2D eigenvalue weighted by Crippen LogP contribution is -2.50. The average molecular weight is 465 g/mol. The lowest BCUT2D eigenvalue weighted by atomic mass is 9.82. The van der Waals surface area contributed by atoms with Crippen LogP contribution in [0.1, 0.15) is 34.9 Å². The highest BCUT2D eigenvalue weighted by Crippen LogP contribution is 2.35. The van der Waals surface area contributed by atoms with Gasteiger partial charge in [-0.05, 0) is 53.1 Å². The molecule has 176 valence electrons. The fourth-order valence-electron chi connectivity index (χ4n) is 4.64. The minimum absolute atomic E-state index is 0.245. The van der Waals surface area contributed by atoms with E-state index in [9.17, 15) is 13.9 Å². The van der Waals surface area contributed by atoms with E-state index in [1.165, 1.54) is 24.3 Å². The molecule has 4 aromatic rings. The molecule has 1 aliphatic heterocycles. The first-order valence-corrected chi connectivity index (χ1v) is 11.4. The van der Waals surface area contributed by atoms with Crippen LogP contribution in [0, 0.1) is 18.6 Å². The Morgan fingerprint density at radius 3 is 2.26 bits per heavy atom. The summed E-state index contributed by atoms with van der Waals surface area (Å²) in [4.78, 5) is 4.31. The Hall–Kier alpha value is -3.13. The molecule has 0 bridgehead atoms. The molecule has 1 saturated heterocycles. The molecule has 0 spiro atoms. The maximum atomic E-state index is 13.5. The number of ether oxygens (including phenoxy) is 1. The number of halogens is 2. The van der Waals surface area contributed by atoms with Crippen LogP contribution in [0.5, 0.6) is 0 Å². The summed E-state index contributed by atoms with van der Waals surface area (Å²) in [5, 5.41) is 14.3. The number of hydrogen-bond donors (Lipinski definition) is 2. The third-order valence-corrected chi connectivity index (χ3v) is 6.39. The van der Waals surface area contributed by atoms with Gasteiger partial charge in [0.15, 0.2) is 11.5 Å². The summed E-state index contributed by atoms with van der Waals surface area (Å²) in [6.07, 6.45) is -0.590. The maximum Gasteiger partial charge on any atom is 0.192 e. The fraction of sp³-hybridized carbons (Fsp3) is 0.296. The topological polar surface area (TPSA) is 67.5 Å². The van der Waals surface area contributed by atoms with Gasteiger partial charge in [0, 0.05) is 25.8 Å². The van der Waals surface area contributed by atoms with E-state index in [4.69, 9.17) is 9.15 Å². The molecule has 3 aromatic carbocycles. The van der Waals surface area contributed by atoms with Gasteiger partial charge >= 0.3 is 0 Å². The largest absolute Gasteiger partial charge is 0.441 e. The van der Waals surface area contributed by atoms with Crippen LogP contribution in [0.4, 0.5) is 8.78 Å². The molecule has 1 fully saturated rings. The van der Waals surface area contributed by atoms with Crippen molar-refractivity contribution in [2.24, 2.45) is 0 Å². The number of hydrogen-bond acceptors (Lipinski definition) is 5. The van der Waals surface area contributed by atoms with Crippen LogP contribution in [0.2, 0.25) is 0 Å². The number of aliphatic hydroxyl groups is 1. The zero-order valence-electron chi connectivity index (χ0n) is 18.7. The second-order valence-electron chi connectivity index (χ2n) is 8.78. The third kappa shape index (κ3) is 4.87. The summed E-state index contributed by atoms with van der Waals surface area (Å²) in [6.45, 7) is 2.67. The summed E-state index contributed by atoms with van der Waals surface area (Å²) in [7, 11) is 0. The standard InChI is InChI=1S/C27H26F2N2O3/c1-16-31-22-11-2-17(12-25(22)34-16)14-30-23-15-33-26(13-24(23)32)27(18-3-7-20(28)8-4-18)19-5-9-21(29)10-6-19/h2-12,23-24,26-27,30,32H,13-15H2,1H3. The molecular formula is C27H26F2N2O3. The van der Waals surface area contributed by atoms with E-state index < -0.39 is 6.10 Å². The minimum atomic E-state index is -0.640. The average Bonchev–Trinajstić information content (AvgIpc) is 3.20. The van der Waals surface area contributed by atoms with Gasteiger partial charge in [-0.2, -0.15) is 0 Å². The SMILES string of the molecule is Cc1nc2ccc(CNC3COC(C(c4ccc(F)cc4)c4ccc(F)cc4)CC3O)cc2o1. The molecule has 3 unspecified atom stereocenters. The van der Waals surface area contributed by atoms with Crippen molar-refractivity contribution in [3.05, 3.63) is 101 Å². The molecule has 3 atom stereocenters. The predicted octanol–water partition coefficient (Wildman–Crippen LogP) is 4.85. The number of fused-ring (bicyclic) bond motifs is 1. The molecular weight excluding hydrogens is 438 g/mol. The van der Waals surface area contributed by atoms with Crippen LogP contribution in [-0.4, -0.2) is 34.9 Å². The van der Waals surface area contributed by atoms with Crippen molar-refractivity contribution in [2.45, 2.75) is 44.1 Å². The molecule has 7 heteroatoms. The van der Waals surface area contributed by atoms with Crippen molar-refractivity contribution in [3.63, 3.8) is 0 Å². The first-order valence-electron chi connectivity index (χ1n) is 11.4. The van der Waals surface area contributed by atoms with Gasteiger partial charge in [-0.1, -0.05) is 30.3 Å². The summed E-state index contributed by atoms with van der Waals surface area (Å²) in [5.41, 5.74) is 4.28. The summed E-state index contributed by atoms with van der Waals surface area (Å²) in [6, 6.07) is 18.1. The fourth-order valence-corrected chi connectivity index (χ4v) is 4.64. The van der Waals surface area contributed by atoms with Crippen LogP contribution >= 0.6 is 0 Å². The molecule has 2 heterocycles. The number of rotatable bonds is 6. The van der Waals surface area contributed by atoms with Crippen LogP contribution in [-0.2, 0) is 11.3 Å². The van der Waals surface area contributed by atoms with E-state index in [-0.39, 0.29) is 29.7 Å². The zero-order chi connectivity index (χ0) is 23.7. The zero-order valence-corrected chi connectivity index (χ0v) is 18.7. The van der Waals surface area contributed by atoms with E-state index in [1.807, 2.05) is 25.1 Å². The Kier molecular flexibility index (Phi) is 6.41. The van der Waals surface area contributed by atoms with Crippen molar-refractivity contribution >= 4 is 11.1 Å². The predicted molar refractivity (Wildman–Crippen MR) is 124 cm³/mol. The van der Waals surface area contributed by atoms with E-state index in [1.54, 1.807) is 24.3 Å². The highest BCUT2D eigenvalue weighted by Gasteiger charge is 2.35. The Morgan fingerprint density at radius 1 is 1.00 bits per heavy atom. The van der Waals surface area contributed by atoms with Gasteiger partial charge in [-0.25, -0.2) is 13.8 Å². The summed E-state index contributed by atoms with van der Waals surface area (Å²) < 4.78 is 38.9. The van der Waals surface area contributed by atoms with Crippen molar-refractivity contribution in [1.82, 2.24) is 10.3 Å². The maximum absolute atomic E-state index is 13.5. The molecule has 2 N–H and O–H groups in total. The minimum Gasteiger partial charge on any atom is -0.441 e. The molecule has 0 amide bonds. The molecule has 0 aliphatic carbocycles. The molecule has 1 aromatic heterocycles. The Bertz CT molecular complexity index is 1210. The number of benzene rings is 3. The Morgan fingerprint density at radius 2 is 1.65 bits per heavy atom. The first kappa shape index (κ1) is 22.7. The van der Waals surface area contributed by atoms with Crippen LogP contribution in [0.3, 0.4) is 0 Å². The van der Waals surface area contributed by atoms with Gasteiger partial charge in [0.1, 0.15) is 17.2 Å². The highest BCUT2D eigenvalue weighted by atomic mass is 19.1. The van der Waals surface area contributed by atoms with Crippen LogP contribution in [0.25, 0.3) is 11.1 Å². The molecule has 5 rings (SSSR count). The smallest absolute Gasteiger partial charge is 0.192 e. The van der Waals surface area contributed by atoms with Gasteiger partial charge in [-0.3, -0.25) is 0 Å². The van der Waals surface area contributed by atoms with Gasteiger partial charge in [-0.15, -0.1) is 0 Å². The second kappa shape index (κ2) is 9.62. The molecule has 5 nitrogen and oxygen atoms in total. The van der Waals surface area contributed by atoms with Crippen molar-refractivity contribution in [3.8, 4) is 0 Å². The number of nitrogens with one attached hydrogen (secondary N) is 1. The van der Waals surface area contributed by atoms with E-state index in [0.29, 0.717) is 25.5 Å². The van der Waals surface area contributed by atoms with E-state index in [0.717, 1.165) is 27.8 Å². The second-order valence-corrected chi connectivity index (χ2v) is 8.78. The lowest BCUT2D eigenvalue weighted by Gasteiger charge is -2.38. The first-order chi connectivity index (χ1) is 16.5. The monoisotopic (exact) mass is 464 g/mol. The number of oxazole rings is 1. The summed E-state index contributed by atoms with van der Waals surface area (Å²) in [5.74, 6) is -0.281. The van der Waals surface area contributed by atoms with Gasteiger partial charge in [0.05, 0.1) is 24.9 Å². The number of aliphatic hydroxyl groups excluding tert-OH is 1. The van der Waals surface area contributed by atoms with E-state index in [2.05, 4.69) is 10.3 Å². The van der Waals surface area contributed by atoms with Crippen LogP contribution < -0.4 is 5.32 Å². The van der Waals surface area contributed by atoms with Gasteiger partial charge in [0.25, 0.3) is 0 Å². The van der Waals surface area contributed by atoms with Crippen LogP contribution in [0.15, 0.2) is 71.1 Å². The highest BCUT2D eigenvalue weighted by molar-refractivity contribution is 5.73. The summed E-state index contributed by atoms with van der Waals surface area (Å²) >= 11 is 0. The Balaban J connectivity index is 1.29. The van der Waals surface area contributed by atoms with Crippen molar-refractivity contribution in [2.75, 3.05) is 6.61 Å². The van der Waals surface area contributed by atoms with Gasteiger partial charge in [0.2, 0.25) is 0 Å². The molecule has 34 heavy (non-hydrogen) atoms. The normalized spacial score (nSPS) is 20.8. The lowest BCUT2D eigenvalue weighted by molar-refractivity contribution is -0.0718. The molecule has 0 saturated carbocycles.